The fourth-order valence-corrected chi connectivity index (χ4v) is 1.84. The van der Waals surface area contributed by atoms with Gasteiger partial charge in [-0.15, -0.1) is 0 Å². The van der Waals surface area contributed by atoms with Crippen LogP contribution in [0, 0.1) is 6.92 Å². The highest BCUT2D eigenvalue weighted by atomic mass is 15.1. The first-order chi connectivity index (χ1) is 7.74. The van der Waals surface area contributed by atoms with E-state index in [1.54, 1.807) is 12.4 Å². The van der Waals surface area contributed by atoms with Gasteiger partial charge in [0.15, 0.2) is 0 Å². The smallest absolute Gasteiger partial charge is 0.130 e. The molecule has 0 fully saturated rings. The third kappa shape index (κ3) is 1.84. The van der Waals surface area contributed by atoms with Crippen LogP contribution in [-0.4, -0.2) is 14.5 Å². The maximum atomic E-state index is 6.23. The zero-order valence-corrected chi connectivity index (χ0v) is 9.59. The van der Waals surface area contributed by atoms with E-state index in [9.17, 15) is 0 Å². The van der Waals surface area contributed by atoms with Gasteiger partial charge in [-0.05, 0) is 31.0 Å². The summed E-state index contributed by atoms with van der Waals surface area (Å²) in [5.74, 6) is 0.900. The minimum Gasteiger partial charge on any atom is -0.334 e. The molecule has 4 nitrogen and oxygen atoms in total. The molecule has 2 heterocycles. The molecule has 2 aromatic rings. The largest absolute Gasteiger partial charge is 0.334 e. The number of aryl methyl sites for hydroxylation is 2. The first kappa shape index (κ1) is 10.8. The minimum absolute atomic E-state index is 0.182. The van der Waals surface area contributed by atoms with E-state index in [2.05, 4.69) is 21.5 Å². The Kier molecular flexibility index (Phi) is 3.01. The van der Waals surface area contributed by atoms with Gasteiger partial charge in [-0.2, -0.15) is 0 Å². The number of imidazole rings is 1. The maximum Gasteiger partial charge on any atom is 0.130 e. The van der Waals surface area contributed by atoms with Crippen molar-refractivity contribution in [2.75, 3.05) is 0 Å². The summed E-state index contributed by atoms with van der Waals surface area (Å²) in [5.41, 5.74) is 8.40. The molecule has 0 aliphatic rings. The number of pyridine rings is 1. The molecule has 0 spiro atoms. The molecule has 16 heavy (non-hydrogen) atoms. The highest BCUT2D eigenvalue weighted by molar-refractivity contribution is 5.29. The first-order valence-corrected chi connectivity index (χ1v) is 5.41. The standard InChI is InChI=1S/C12H16N4/c1-3-16-7-6-15-12(16)11(13)10-4-5-14-8-9(10)2/h4-8,11H,3,13H2,1-2H3. The second kappa shape index (κ2) is 4.45. The lowest BCUT2D eigenvalue weighted by Crippen LogP contribution is -2.18. The van der Waals surface area contributed by atoms with Crippen molar-refractivity contribution in [3.05, 3.63) is 47.8 Å². The number of nitrogens with zero attached hydrogens (tertiary/aromatic N) is 3. The summed E-state index contributed by atoms with van der Waals surface area (Å²) in [6.45, 7) is 4.98. The molecule has 0 aromatic carbocycles. The van der Waals surface area contributed by atoms with E-state index in [1.165, 1.54) is 0 Å². The molecule has 84 valence electrons. The topological polar surface area (TPSA) is 56.7 Å². The lowest BCUT2D eigenvalue weighted by molar-refractivity contribution is 0.654. The van der Waals surface area contributed by atoms with Gasteiger partial charge in [-0.25, -0.2) is 4.98 Å². The summed E-state index contributed by atoms with van der Waals surface area (Å²) < 4.78 is 2.06. The van der Waals surface area contributed by atoms with E-state index in [1.807, 2.05) is 25.4 Å². The Bertz CT molecular complexity index is 475. The number of hydrogen-bond donors (Lipinski definition) is 1. The predicted octanol–water partition coefficient (Wildman–Crippen LogP) is 1.65. The Labute approximate surface area is 95.1 Å². The van der Waals surface area contributed by atoms with Crippen molar-refractivity contribution in [3.63, 3.8) is 0 Å². The molecule has 2 aromatic heterocycles. The van der Waals surface area contributed by atoms with Crippen LogP contribution in [0.4, 0.5) is 0 Å². The van der Waals surface area contributed by atoms with E-state index >= 15 is 0 Å². The van der Waals surface area contributed by atoms with E-state index in [-0.39, 0.29) is 6.04 Å². The molecule has 0 saturated heterocycles. The Hall–Kier alpha value is -1.68. The third-order valence-corrected chi connectivity index (χ3v) is 2.77. The average molecular weight is 216 g/mol. The molecule has 0 amide bonds. The van der Waals surface area contributed by atoms with Gasteiger partial charge in [0.2, 0.25) is 0 Å². The van der Waals surface area contributed by atoms with E-state index in [0.717, 1.165) is 23.5 Å². The SMILES string of the molecule is CCn1ccnc1C(N)c1ccncc1C. The van der Waals surface area contributed by atoms with Gasteiger partial charge in [-0.1, -0.05) is 0 Å². The number of rotatable bonds is 3. The van der Waals surface area contributed by atoms with Gasteiger partial charge in [0.25, 0.3) is 0 Å². The Morgan fingerprint density at radius 3 is 2.94 bits per heavy atom. The van der Waals surface area contributed by atoms with Crippen molar-refractivity contribution in [2.45, 2.75) is 26.4 Å². The van der Waals surface area contributed by atoms with Crippen LogP contribution in [0.2, 0.25) is 0 Å². The Morgan fingerprint density at radius 1 is 1.44 bits per heavy atom. The van der Waals surface area contributed by atoms with Crippen molar-refractivity contribution in [2.24, 2.45) is 5.73 Å². The molecule has 2 rings (SSSR count). The number of aromatic nitrogens is 3. The summed E-state index contributed by atoms with van der Waals surface area (Å²) >= 11 is 0. The molecule has 4 heteroatoms. The van der Waals surface area contributed by atoms with Crippen LogP contribution in [0.5, 0.6) is 0 Å². The molecular formula is C12H16N4. The predicted molar refractivity (Wildman–Crippen MR) is 62.9 cm³/mol. The fraction of sp³-hybridized carbons (Fsp3) is 0.333. The summed E-state index contributed by atoms with van der Waals surface area (Å²) in [4.78, 5) is 8.39. The van der Waals surface area contributed by atoms with Crippen LogP contribution >= 0.6 is 0 Å². The van der Waals surface area contributed by atoms with Crippen LogP contribution in [0.1, 0.15) is 29.9 Å². The average Bonchev–Trinajstić information content (AvgIpc) is 2.77. The molecule has 2 N–H and O–H groups in total. The van der Waals surface area contributed by atoms with Gasteiger partial charge in [0.1, 0.15) is 5.82 Å². The lowest BCUT2D eigenvalue weighted by atomic mass is 10.0. The number of hydrogen-bond acceptors (Lipinski definition) is 3. The second-order valence-corrected chi connectivity index (χ2v) is 3.78. The highest BCUT2D eigenvalue weighted by Gasteiger charge is 2.15. The monoisotopic (exact) mass is 216 g/mol. The molecule has 1 unspecified atom stereocenters. The van der Waals surface area contributed by atoms with E-state index in [0.29, 0.717) is 0 Å². The van der Waals surface area contributed by atoms with Crippen LogP contribution in [0.3, 0.4) is 0 Å². The van der Waals surface area contributed by atoms with Crippen molar-refractivity contribution >= 4 is 0 Å². The molecule has 1 atom stereocenters. The van der Waals surface area contributed by atoms with Crippen LogP contribution in [0.25, 0.3) is 0 Å². The normalized spacial score (nSPS) is 12.7. The van der Waals surface area contributed by atoms with E-state index in [4.69, 9.17) is 5.73 Å². The Balaban J connectivity index is 2.39. The van der Waals surface area contributed by atoms with Crippen molar-refractivity contribution < 1.29 is 0 Å². The molecular weight excluding hydrogens is 200 g/mol. The highest BCUT2D eigenvalue weighted by Crippen LogP contribution is 2.20. The summed E-state index contributed by atoms with van der Waals surface area (Å²) in [6.07, 6.45) is 7.33. The number of nitrogens with two attached hydrogens (primary N) is 1. The Morgan fingerprint density at radius 2 is 2.25 bits per heavy atom. The zero-order chi connectivity index (χ0) is 11.5. The maximum absolute atomic E-state index is 6.23. The molecule has 0 bridgehead atoms. The van der Waals surface area contributed by atoms with Gasteiger partial charge in [0.05, 0.1) is 6.04 Å². The van der Waals surface area contributed by atoms with E-state index < -0.39 is 0 Å². The minimum atomic E-state index is -0.182. The first-order valence-electron chi connectivity index (χ1n) is 5.41. The molecule has 0 radical (unpaired) electrons. The van der Waals surface area contributed by atoms with Gasteiger partial charge < -0.3 is 10.3 Å². The van der Waals surface area contributed by atoms with Gasteiger partial charge in [0, 0.05) is 31.3 Å². The summed E-state index contributed by atoms with van der Waals surface area (Å²) in [7, 11) is 0. The van der Waals surface area contributed by atoms with Crippen LogP contribution < -0.4 is 5.73 Å². The molecule has 0 aliphatic carbocycles. The van der Waals surface area contributed by atoms with Crippen LogP contribution in [-0.2, 0) is 6.54 Å². The van der Waals surface area contributed by atoms with Gasteiger partial charge in [-0.3, -0.25) is 4.98 Å². The summed E-state index contributed by atoms with van der Waals surface area (Å²) in [6, 6.07) is 1.77. The van der Waals surface area contributed by atoms with Crippen molar-refractivity contribution in [1.82, 2.24) is 14.5 Å². The second-order valence-electron chi connectivity index (χ2n) is 3.78. The molecule has 0 aliphatic heterocycles. The van der Waals surface area contributed by atoms with Gasteiger partial charge >= 0.3 is 0 Å². The third-order valence-electron chi connectivity index (χ3n) is 2.77. The fourth-order valence-electron chi connectivity index (χ4n) is 1.84. The lowest BCUT2D eigenvalue weighted by Gasteiger charge is -2.15. The van der Waals surface area contributed by atoms with Crippen molar-refractivity contribution in [3.8, 4) is 0 Å². The van der Waals surface area contributed by atoms with Crippen molar-refractivity contribution in [1.29, 1.82) is 0 Å². The van der Waals surface area contributed by atoms with Crippen LogP contribution in [0.15, 0.2) is 30.9 Å². The quantitative estimate of drug-likeness (QED) is 0.848. The zero-order valence-electron chi connectivity index (χ0n) is 9.59. The molecule has 0 saturated carbocycles. The summed E-state index contributed by atoms with van der Waals surface area (Å²) in [5, 5.41) is 0.